The summed E-state index contributed by atoms with van der Waals surface area (Å²) in [6, 6.07) is 0. The molecule has 0 radical (unpaired) electrons. The fourth-order valence-corrected chi connectivity index (χ4v) is 1.51. The Morgan fingerprint density at radius 2 is 1.75 bits per heavy atom. The number of halogens is 3. The zero-order valence-corrected chi connectivity index (χ0v) is 7.50. The highest BCUT2D eigenvalue weighted by atomic mass is 32.2. The van der Waals surface area contributed by atoms with Crippen molar-refractivity contribution in [1.29, 1.82) is 0 Å². The fraction of sp³-hybridized carbons (Fsp3) is 1.00. The van der Waals surface area contributed by atoms with Crippen LogP contribution in [0.4, 0.5) is 13.2 Å². The largest absolute Gasteiger partial charge is 0.389 e. The molecule has 0 bridgehead atoms. The smallest absolute Gasteiger partial charge is 0.229 e. The van der Waals surface area contributed by atoms with E-state index in [1.54, 1.807) is 0 Å². The van der Waals surface area contributed by atoms with Gasteiger partial charge >= 0.3 is 6.18 Å². The lowest BCUT2D eigenvalue weighted by Gasteiger charge is -2.04. The van der Waals surface area contributed by atoms with Crippen molar-refractivity contribution in [3.63, 3.8) is 0 Å². The standard InChI is InChI=1S/C6H11F3O2S/c1-2-12(10,11)5-3-4-6(7,8)9/h2-5H2,1H3. The third-order valence-corrected chi connectivity index (χ3v) is 3.15. The van der Waals surface area contributed by atoms with Gasteiger partial charge in [0.1, 0.15) is 9.84 Å². The van der Waals surface area contributed by atoms with E-state index in [0.29, 0.717) is 0 Å². The Labute approximate surface area is 69.7 Å². The molecule has 0 aliphatic carbocycles. The van der Waals surface area contributed by atoms with Gasteiger partial charge in [0.2, 0.25) is 0 Å². The van der Waals surface area contributed by atoms with Gasteiger partial charge in [0.15, 0.2) is 0 Å². The monoisotopic (exact) mass is 204 g/mol. The topological polar surface area (TPSA) is 34.1 Å². The first-order valence-corrected chi connectivity index (χ1v) is 5.36. The summed E-state index contributed by atoms with van der Waals surface area (Å²) < 4.78 is 56.1. The number of alkyl halides is 3. The molecule has 0 aliphatic rings. The quantitative estimate of drug-likeness (QED) is 0.699. The summed E-state index contributed by atoms with van der Waals surface area (Å²) in [7, 11) is -3.24. The van der Waals surface area contributed by atoms with Crippen LogP contribution < -0.4 is 0 Å². The maximum absolute atomic E-state index is 11.5. The Kier molecular flexibility index (Phi) is 4.02. The zero-order valence-electron chi connectivity index (χ0n) is 6.69. The van der Waals surface area contributed by atoms with E-state index in [1.165, 1.54) is 6.92 Å². The summed E-state index contributed by atoms with van der Waals surface area (Å²) in [5.41, 5.74) is 0. The van der Waals surface area contributed by atoms with E-state index in [9.17, 15) is 21.6 Å². The van der Waals surface area contributed by atoms with E-state index in [2.05, 4.69) is 0 Å². The highest BCUT2D eigenvalue weighted by Gasteiger charge is 2.27. The maximum Gasteiger partial charge on any atom is 0.389 e. The van der Waals surface area contributed by atoms with Gasteiger partial charge in [-0.1, -0.05) is 6.92 Å². The molecule has 0 fully saturated rings. The molecule has 0 saturated carbocycles. The lowest BCUT2D eigenvalue weighted by Crippen LogP contribution is -2.13. The van der Waals surface area contributed by atoms with Crippen LogP contribution in [0.2, 0.25) is 0 Å². The Morgan fingerprint density at radius 1 is 1.25 bits per heavy atom. The first-order chi connectivity index (χ1) is 5.27. The average molecular weight is 204 g/mol. The van der Waals surface area contributed by atoms with Crippen LogP contribution in [0.1, 0.15) is 19.8 Å². The summed E-state index contributed by atoms with van der Waals surface area (Å²) >= 11 is 0. The molecule has 0 spiro atoms. The van der Waals surface area contributed by atoms with Gasteiger partial charge in [-0.25, -0.2) is 8.42 Å². The third kappa shape index (κ3) is 6.45. The van der Waals surface area contributed by atoms with E-state index in [4.69, 9.17) is 0 Å². The first kappa shape index (κ1) is 11.7. The molecule has 6 heteroatoms. The highest BCUT2D eigenvalue weighted by molar-refractivity contribution is 7.91. The Hall–Kier alpha value is -0.260. The van der Waals surface area contributed by atoms with Crippen molar-refractivity contribution in [2.45, 2.75) is 25.9 Å². The summed E-state index contributed by atoms with van der Waals surface area (Å²) in [4.78, 5) is 0. The van der Waals surface area contributed by atoms with E-state index in [-0.39, 0.29) is 17.9 Å². The van der Waals surface area contributed by atoms with Gasteiger partial charge in [-0.3, -0.25) is 0 Å². The predicted octanol–water partition coefficient (Wildman–Crippen LogP) is 1.76. The molecular weight excluding hydrogens is 193 g/mol. The zero-order chi connectivity index (χ0) is 9.83. The van der Waals surface area contributed by atoms with Crippen molar-refractivity contribution in [3.05, 3.63) is 0 Å². The second-order valence-electron chi connectivity index (χ2n) is 2.46. The minimum absolute atomic E-state index is 0.0924. The van der Waals surface area contributed by atoms with Crippen molar-refractivity contribution >= 4 is 9.84 Å². The predicted molar refractivity (Wildman–Crippen MR) is 39.6 cm³/mol. The molecule has 0 aromatic rings. The van der Waals surface area contributed by atoms with E-state index in [1.807, 2.05) is 0 Å². The van der Waals surface area contributed by atoms with E-state index < -0.39 is 22.4 Å². The van der Waals surface area contributed by atoms with Crippen LogP contribution in [-0.2, 0) is 9.84 Å². The second-order valence-corrected chi connectivity index (χ2v) is 4.93. The fourth-order valence-electron chi connectivity index (χ4n) is 0.637. The average Bonchev–Trinajstić information content (AvgIpc) is 1.84. The lowest BCUT2D eigenvalue weighted by atomic mass is 10.3. The van der Waals surface area contributed by atoms with Gasteiger partial charge in [-0.05, 0) is 6.42 Å². The Balaban J connectivity index is 3.73. The van der Waals surface area contributed by atoms with Gasteiger partial charge in [0.05, 0.1) is 5.75 Å². The van der Waals surface area contributed by atoms with Gasteiger partial charge < -0.3 is 0 Å². The van der Waals surface area contributed by atoms with Crippen molar-refractivity contribution in [3.8, 4) is 0 Å². The van der Waals surface area contributed by atoms with Crippen LogP contribution in [0.25, 0.3) is 0 Å². The third-order valence-electron chi connectivity index (χ3n) is 1.36. The Morgan fingerprint density at radius 3 is 2.08 bits per heavy atom. The molecule has 0 rings (SSSR count). The van der Waals surface area contributed by atoms with Crippen molar-refractivity contribution < 1.29 is 21.6 Å². The molecule has 0 amide bonds. The Bertz CT molecular complexity index is 217. The van der Waals surface area contributed by atoms with Gasteiger partial charge in [-0.2, -0.15) is 13.2 Å². The molecule has 0 saturated heterocycles. The summed E-state index contributed by atoms with van der Waals surface area (Å²) in [6.07, 6.45) is -5.60. The van der Waals surface area contributed by atoms with Gasteiger partial charge in [0, 0.05) is 12.2 Å². The number of sulfone groups is 1. The lowest BCUT2D eigenvalue weighted by molar-refractivity contribution is -0.134. The molecule has 74 valence electrons. The van der Waals surface area contributed by atoms with E-state index >= 15 is 0 Å². The van der Waals surface area contributed by atoms with E-state index in [0.717, 1.165) is 0 Å². The summed E-state index contributed by atoms with van der Waals surface area (Å²) in [6.45, 7) is 1.42. The highest BCUT2D eigenvalue weighted by Crippen LogP contribution is 2.21. The normalized spacial score (nSPS) is 13.3. The molecule has 0 unspecified atom stereocenters. The molecular formula is C6H11F3O2S. The minimum Gasteiger partial charge on any atom is -0.229 e. The molecule has 2 nitrogen and oxygen atoms in total. The molecule has 0 aromatic heterocycles. The minimum atomic E-state index is -4.25. The summed E-state index contributed by atoms with van der Waals surface area (Å²) in [5.74, 6) is -0.464. The second kappa shape index (κ2) is 4.11. The van der Waals surface area contributed by atoms with Crippen LogP contribution >= 0.6 is 0 Å². The molecule has 0 N–H and O–H groups in total. The maximum atomic E-state index is 11.5. The molecule has 12 heavy (non-hydrogen) atoms. The molecule has 0 heterocycles. The summed E-state index contributed by atoms with van der Waals surface area (Å²) in [5, 5.41) is 0. The van der Waals surface area contributed by atoms with Crippen molar-refractivity contribution in [2.24, 2.45) is 0 Å². The molecule has 0 atom stereocenters. The van der Waals surface area contributed by atoms with Crippen LogP contribution in [0, 0.1) is 0 Å². The van der Waals surface area contributed by atoms with Crippen LogP contribution in [0.5, 0.6) is 0 Å². The first-order valence-electron chi connectivity index (χ1n) is 3.54. The van der Waals surface area contributed by atoms with Crippen LogP contribution in [0.15, 0.2) is 0 Å². The number of hydrogen-bond donors (Lipinski definition) is 0. The number of hydrogen-bond acceptors (Lipinski definition) is 2. The molecule has 0 aliphatic heterocycles. The SMILES string of the molecule is CCS(=O)(=O)CCCC(F)(F)F. The van der Waals surface area contributed by atoms with Crippen molar-refractivity contribution in [1.82, 2.24) is 0 Å². The van der Waals surface area contributed by atoms with Crippen LogP contribution in [-0.4, -0.2) is 26.1 Å². The van der Waals surface area contributed by atoms with Crippen LogP contribution in [0.3, 0.4) is 0 Å². The van der Waals surface area contributed by atoms with Gasteiger partial charge in [0.25, 0.3) is 0 Å². The van der Waals surface area contributed by atoms with Gasteiger partial charge in [-0.15, -0.1) is 0 Å². The molecule has 0 aromatic carbocycles. The van der Waals surface area contributed by atoms with Crippen molar-refractivity contribution in [2.75, 3.05) is 11.5 Å². The number of rotatable bonds is 4.